The second-order valence-corrected chi connectivity index (χ2v) is 10.9. The van der Waals surface area contributed by atoms with Crippen LogP contribution in [0.1, 0.15) is 64.2 Å². The predicted octanol–water partition coefficient (Wildman–Crippen LogP) is 2.85. The molecule has 37 heavy (non-hydrogen) atoms. The third kappa shape index (κ3) is 7.57. The van der Waals surface area contributed by atoms with Crippen molar-refractivity contribution in [3.8, 4) is 5.75 Å². The highest BCUT2D eigenvalue weighted by Gasteiger charge is 2.34. The summed E-state index contributed by atoms with van der Waals surface area (Å²) in [6.45, 7) is 3.53. The summed E-state index contributed by atoms with van der Waals surface area (Å²) >= 11 is 0. The van der Waals surface area contributed by atoms with Gasteiger partial charge in [-0.2, -0.15) is 0 Å². The number of piperidine rings is 1. The second-order valence-electron chi connectivity index (χ2n) is 10.9. The van der Waals surface area contributed by atoms with Crippen LogP contribution in [0.15, 0.2) is 18.2 Å². The van der Waals surface area contributed by atoms with E-state index >= 15 is 0 Å². The highest BCUT2D eigenvalue weighted by molar-refractivity contribution is 5.90. The van der Waals surface area contributed by atoms with Crippen molar-refractivity contribution >= 4 is 17.5 Å². The van der Waals surface area contributed by atoms with Crippen molar-refractivity contribution in [3.05, 3.63) is 24.0 Å². The topological polar surface area (TPSA) is 102 Å². The lowest BCUT2D eigenvalue weighted by Gasteiger charge is -2.34. The molecule has 2 atom stereocenters. The Bertz CT molecular complexity index is 896. The van der Waals surface area contributed by atoms with Gasteiger partial charge in [0.2, 0.25) is 0 Å². The number of hydrogen-bond acceptors (Lipinski definition) is 6. The number of likely N-dealkylation sites (tertiary alicyclic amines) is 1. The Morgan fingerprint density at radius 3 is 2.35 bits per heavy atom. The van der Waals surface area contributed by atoms with Gasteiger partial charge < -0.3 is 30.1 Å². The highest BCUT2D eigenvalue weighted by Crippen LogP contribution is 2.33. The molecule has 1 aromatic carbocycles. The van der Waals surface area contributed by atoms with Gasteiger partial charge in [-0.25, -0.2) is 4.39 Å². The molecule has 1 aromatic rings. The van der Waals surface area contributed by atoms with Gasteiger partial charge >= 0.3 is 0 Å². The van der Waals surface area contributed by atoms with E-state index in [-0.39, 0.29) is 11.7 Å². The highest BCUT2D eigenvalue weighted by atomic mass is 19.1. The average molecular weight is 520 g/mol. The smallest absolute Gasteiger partial charge is 0.254 e. The van der Waals surface area contributed by atoms with Gasteiger partial charge in [0.15, 0.2) is 12.2 Å². The Hall–Kier alpha value is -2.39. The zero-order valence-electron chi connectivity index (χ0n) is 21.7. The van der Waals surface area contributed by atoms with Crippen LogP contribution in [0.25, 0.3) is 0 Å². The molecule has 2 heterocycles. The van der Waals surface area contributed by atoms with Crippen molar-refractivity contribution in [1.82, 2.24) is 10.2 Å². The number of hydrogen-bond donors (Lipinski definition) is 3. The summed E-state index contributed by atoms with van der Waals surface area (Å²) in [5.74, 6) is -0.135. The Kier molecular flexibility index (Phi) is 10.0. The molecule has 206 valence electrons. The molecule has 2 saturated heterocycles. The monoisotopic (exact) mass is 519 g/mol. The Morgan fingerprint density at radius 1 is 0.946 bits per heavy atom. The third-order valence-corrected chi connectivity index (χ3v) is 8.19. The fourth-order valence-corrected chi connectivity index (χ4v) is 5.81. The van der Waals surface area contributed by atoms with Crippen LogP contribution in [-0.2, 0) is 9.59 Å². The summed E-state index contributed by atoms with van der Waals surface area (Å²) < 4.78 is 20.1. The minimum Gasteiger partial charge on any atom is -0.491 e. The second kappa shape index (κ2) is 13.4. The molecule has 3 fully saturated rings. The van der Waals surface area contributed by atoms with Gasteiger partial charge in [-0.05, 0) is 56.1 Å². The van der Waals surface area contributed by atoms with Gasteiger partial charge in [0.25, 0.3) is 11.8 Å². The largest absolute Gasteiger partial charge is 0.491 e. The number of ether oxygens (including phenoxy) is 1. The number of nitrogens with one attached hydrogen (secondary N) is 1. The summed E-state index contributed by atoms with van der Waals surface area (Å²) in [6.07, 6.45) is 7.27. The molecule has 0 radical (unpaired) electrons. The van der Waals surface area contributed by atoms with Crippen LogP contribution < -0.4 is 15.0 Å². The van der Waals surface area contributed by atoms with E-state index in [1.807, 2.05) is 0 Å². The summed E-state index contributed by atoms with van der Waals surface area (Å²) in [4.78, 5) is 28.3. The molecule has 0 aromatic heterocycles. The van der Waals surface area contributed by atoms with E-state index < -0.39 is 24.0 Å². The maximum atomic E-state index is 14.0. The van der Waals surface area contributed by atoms with Gasteiger partial charge in [-0.1, -0.05) is 32.1 Å². The van der Waals surface area contributed by atoms with Gasteiger partial charge in [-0.15, -0.1) is 0 Å². The van der Waals surface area contributed by atoms with Crippen molar-refractivity contribution in [2.45, 2.75) is 76.4 Å². The average Bonchev–Trinajstić information content (AvgIpc) is 3.47. The lowest BCUT2D eigenvalue weighted by molar-refractivity contribution is -0.152. The van der Waals surface area contributed by atoms with Crippen molar-refractivity contribution in [3.63, 3.8) is 0 Å². The predicted molar refractivity (Wildman–Crippen MR) is 139 cm³/mol. The molecule has 2 aliphatic heterocycles. The molecule has 8 nitrogen and oxygen atoms in total. The Labute approximate surface area is 219 Å². The number of carbonyl (C=O) groups excluding carboxylic acids is 2. The molecule has 3 aliphatic rings. The summed E-state index contributed by atoms with van der Waals surface area (Å²) in [6, 6.07) is 4.72. The molecule has 0 bridgehead atoms. The number of aliphatic hydroxyl groups excluding tert-OH is 2. The van der Waals surface area contributed by atoms with E-state index in [4.69, 9.17) is 4.74 Å². The van der Waals surface area contributed by atoms with Gasteiger partial charge in [0, 0.05) is 38.8 Å². The molecule has 0 spiro atoms. The lowest BCUT2D eigenvalue weighted by atomic mass is 9.87. The first-order valence-electron chi connectivity index (χ1n) is 14.0. The number of nitrogens with zero attached hydrogens (tertiary/aromatic N) is 2. The number of aliphatic hydroxyl groups is 2. The van der Waals surface area contributed by atoms with Gasteiger partial charge in [0.05, 0.1) is 12.3 Å². The van der Waals surface area contributed by atoms with Crippen LogP contribution >= 0.6 is 0 Å². The molecule has 3 N–H and O–H groups in total. The van der Waals surface area contributed by atoms with Crippen LogP contribution in [0.5, 0.6) is 5.75 Å². The minimum absolute atomic E-state index is 0.204. The molecule has 4 rings (SSSR count). The quantitative estimate of drug-likeness (QED) is 0.439. The summed E-state index contributed by atoms with van der Waals surface area (Å²) in [5.41, 5.74) is 0.895. The first kappa shape index (κ1) is 27.6. The van der Waals surface area contributed by atoms with Crippen molar-refractivity contribution in [1.29, 1.82) is 0 Å². The SMILES string of the molecule is O=C(NCC1CCN(c2ccc(F)cc2OCCC2CCCCC2)CC1)[C@H](O)[C@@H](O)C(=O)N1CCCC1. The van der Waals surface area contributed by atoms with Crippen LogP contribution in [0, 0.1) is 17.7 Å². The number of rotatable bonds is 10. The standard InChI is InChI=1S/C28H42FN3O5/c29-22-8-9-23(24(18-22)37-17-12-20-6-2-1-3-7-20)31-15-10-21(11-16-31)19-30-27(35)25(33)26(34)28(36)32-13-4-5-14-32/h8-9,18,20-21,25-26,33-34H,1-7,10-17,19H2,(H,30,35)/t25-,26-/m1/s1. The molecule has 1 saturated carbocycles. The maximum Gasteiger partial charge on any atom is 0.254 e. The maximum absolute atomic E-state index is 14.0. The van der Waals surface area contributed by atoms with Crippen molar-refractivity contribution in [2.75, 3.05) is 44.2 Å². The summed E-state index contributed by atoms with van der Waals surface area (Å²) in [7, 11) is 0. The number of halogens is 1. The number of anilines is 1. The number of benzene rings is 1. The van der Waals surface area contributed by atoms with E-state index in [1.165, 1.54) is 49.1 Å². The molecule has 2 amide bonds. The number of carbonyl (C=O) groups is 2. The molecule has 1 aliphatic carbocycles. The first-order valence-corrected chi connectivity index (χ1v) is 14.0. The van der Waals surface area contributed by atoms with Crippen LogP contribution in [0.3, 0.4) is 0 Å². The minimum atomic E-state index is -1.78. The Morgan fingerprint density at radius 2 is 1.65 bits per heavy atom. The lowest BCUT2D eigenvalue weighted by Crippen LogP contribution is -2.51. The molecular weight excluding hydrogens is 477 g/mol. The zero-order valence-corrected chi connectivity index (χ0v) is 21.7. The van der Waals surface area contributed by atoms with E-state index in [0.29, 0.717) is 37.9 Å². The summed E-state index contributed by atoms with van der Waals surface area (Å²) in [5, 5.41) is 23.0. The normalized spacial score (nSPS) is 21.1. The fraction of sp³-hybridized carbons (Fsp3) is 0.714. The van der Waals surface area contributed by atoms with Gasteiger partial charge in [0.1, 0.15) is 11.6 Å². The van der Waals surface area contributed by atoms with E-state index in [0.717, 1.165) is 50.9 Å². The van der Waals surface area contributed by atoms with Crippen LogP contribution in [0.2, 0.25) is 0 Å². The third-order valence-electron chi connectivity index (χ3n) is 8.19. The van der Waals surface area contributed by atoms with Gasteiger partial charge in [-0.3, -0.25) is 9.59 Å². The van der Waals surface area contributed by atoms with E-state index in [1.54, 1.807) is 6.07 Å². The molecule has 9 heteroatoms. The van der Waals surface area contributed by atoms with Crippen LogP contribution in [0.4, 0.5) is 10.1 Å². The van der Waals surface area contributed by atoms with Crippen molar-refractivity contribution in [2.24, 2.45) is 11.8 Å². The molecular formula is C28H42FN3O5. The number of amides is 2. The van der Waals surface area contributed by atoms with Crippen molar-refractivity contribution < 1.29 is 28.9 Å². The first-order chi connectivity index (χ1) is 17.9. The fourth-order valence-electron chi connectivity index (χ4n) is 5.81. The Balaban J connectivity index is 1.22. The van der Waals surface area contributed by atoms with E-state index in [2.05, 4.69) is 10.2 Å². The van der Waals surface area contributed by atoms with Crippen LogP contribution in [-0.4, -0.2) is 78.5 Å². The molecule has 0 unspecified atom stereocenters. The van der Waals surface area contributed by atoms with E-state index in [9.17, 15) is 24.2 Å². The zero-order chi connectivity index (χ0) is 26.2.